The van der Waals surface area contributed by atoms with Crippen LogP contribution in [0.1, 0.15) is 64.5 Å². The average Bonchev–Trinajstić information content (AvgIpc) is 3.44. The third-order valence-electron chi connectivity index (χ3n) is 8.66. The molecule has 2 aliphatic rings. The first-order chi connectivity index (χ1) is 20.9. The minimum absolute atomic E-state index is 0.0798. The predicted molar refractivity (Wildman–Crippen MR) is 156 cm³/mol. The second-order valence-corrected chi connectivity index (χ2v) is 11.4. The average molecular weight is 617 g/mol. The summed E-state index contributed by atoms with van der Waals surface area (Å²) in [6.07, 6.45) is -2.98. The summed E-state index contributed by atoms with van der Waals surface area (Å²) in [6, 6.07) is 16.7. The SMILES string of the molecule is COc1ccc(C(CCN2CCC(C3C=Cc4ccccc43)CC2)C(=O)NCc2cc(C(F)(F)F)cc(C(F)(F)F)c2)cc1. The molecule has 1 aliphatic carbocycles. The van der Waals surface area contributed by atoms with Gasteiger partial charge in [-0.2, -0.15) is 26.3 Å². The molecule has 3 aromatic rings. The molecule has 1 aliphatic heterocycles. The van der Waals surface area contributed by atoms with Gasteiger partial charge in [0.1, 0.15) is 5.75 Å². The number of piperidine rings is 1. The first-order valence-corrected chi connectivity index (χ1v) is 14.6. The second kappa shape index (κ2) is 13.1. The number of amides is 1. The number of halogens is 6. The number of carbonyl (C=O) groups excluding carboxylic acids is 1. The van der Waals surface area contributed by atoms with Crippen molar-refractivity contribution in [1.82, 2.24) is 10.2 Å². The lowest BCUT2D eigenvalue weighted by Crippen LogP contribution is -2.38. The van der Waals surface area contributed by atoms with Gasteiger partial charge in [-0.15, -0.1) is 0 Å². The lowest BCUT2D eigenvalue weighted by atomic mass is 9.81. The molecular weight excluding hydrogens is 582 g/mol. The molecule has 2 unspecified atom stereocenters. The maximum atomic E-state index is 13.4. The molecule has 0 radical (unpaired) electrons. The monoisotopic (exact) mass is 616 g/mol. The molecule has 1 heterocycles. The number of likely N-dealkylation sites (tertiary alicyclic amines) is 1. The van der Waals surface area contributed by atoms with E-state index in [2.05, 4.69) is 40.6 Å². The molecule has 5 rings (SSSR count). The van der Waals surface area contributed by atoms with E-state index in [-0.39, 0.29) is 11.6 Å². The van der Waals surface area contributed by atoms with E-state index in [4.69, 9.17) is 4.74 Å². The fourth-order valence-electron chi connectivity index (χ4n) is 6.25. The van der Waals surface area contributed by atoms with E-state index in [0.717, 1.165) is 25.9 Å². The Hall–Kier alpha value is -3.79. The van der Waals surface area contributed by atoms with Crippen molar-refractivity contribution in [2.45, 2.75) is 50.0 Å². The summed E-state index contributed by atoms with van der Waals surface area (Å²) < 4.78 is 85.2. The van der Waals surface area contributed by atoms with Crippen molar-refractivity contribution in [3.8, 4) is 5.75 Å². The number of hydrogen-bond donors (Lipinski definition) is 1. The highest BCUT2D eigenvalue weighted by Gasteiger charge is 2.37. The van der Waals surface area contributed by atoms with Crippen LogP contribution in [0.15, 0.2) is 72.8 Å². The number of fused-ring (bicyclic) bond motifs is 1. The highest BCUT2D eigenvalue weighted by molar-refractivity contribution is 5.83. The normalized spacial score (nSPS) is 18.2. The van der Waals surface area contributed by atoms with Crippen LogP contribution in [0, 0.1) is 5.92 Å². The zero-order valence-electron chi connectivity index (χ0n) is 24.2. The molecule has 0 aromatic heterocycles. The number of allylic oxidation sites excluding steroid dienone is 1. The Morgan fingerprint density at radius 2 is 1.57 bits per heavy atom. The fourth-order valence-corrected chi connectivity index (χ4v) is 6.25. The van der Waals surface area contributed by atoms with E-state index in [1.807, 2.05) is 6.07 Å². The Labute approximate surface area is 252 Å². The third kappa shape index (κ3) is 7.46. The van der Waals surface area contributed by atoms with Crippen LogP contribution in [0.3, 0.4) is 0 Å². The molecule has 1 fully saturated rings. The van der Waals surface area contributed by atoms with Crippen molar-refractivity contribution in [2.75, 3.05) is 26.7 Å². The number of alkyl halides is 6. The van der Waals surface area contributed by atoms with E-state index >= 15 is 0 Å². The summed E-state index contributed by atoms with van der Waals surface area (Å²) in [5, 5.41) is 2.59. The van der Waals surface area contributed by atoms with Gasteiger partial charge in [-0.3, -0.25) is 4.79 Å². The van der Waals surface area contributed by atoms with Crippen molar-refractivity contribution in [2.24, 2.45) is 5.92 Å². The van der Waals surface area contributed by atoms with Gasteiger partial charge in [-0.1, -0.05) is 48.6 Å². The first kappa shape index (κ1) is 31.6. The molecule has 2 atom stereocenters. The zero-order valence-corrected chi connectivity index (χ0v) is 24.2. The Morgan fingerprint density at radius 3 is 2.18 bits per heavy atom. The molecule has 4 nitrogen and oxygen atoms in total. The minimum Gasteiger partial charge on any atom is -0.497 e. The van der Waals surface area contributed by atoms with Gasteiger partial charge in [0.25, 0.3) is 0 Å². The molecule has 3 aromatic carbocycles. The smallest absolute Gasteiger partial charge is 0.416 e. The minimum atomic E-state index is -4.96. The molecule has 0 saturated carbocycles. The molecule has 1 saturated heterocycles. The Bertz CT molecular complexity index is 1440. The van der Waals surface area contributed by atoms with Crippen LogP contribution in [0.2, 0.25) is 0 Å². The number of carbonyl (C=O) groups is 1. The topological polar surface area (TPSA) is 41.6 Å². The largest absolute Gasteiger partial charge is 0.497 e. The van der Waals surface area contributed by atoms with Gasteiger partial charge in [-0.05, 0) is 97.4 Å². The van der Waals surface area contributed by atoms with Crippen molar-refractivity contribution < 1.29 is 35.9 Å². The summed E-state index contributed by atoms with van der Waals surface area (Å²) in [6.45, 7) is 1.90. The molecule has 1 N–H and O–H groups in total. The highest BCUT2D eigenvalue weighted by Crippen LogP contribution is 2.40. The van der Waals surface area contributed by atoms with E-state index < -0.39 is 41.8 Å². The van der Waals surface area contributed by atoms with E-state index in [1.54, 1.807) is 24.3 Å². The summed E-state index contributed by atoms with van der Waals surface area (Å²) >= 11 is 0. The van der Waals surface area contributed by atoms with Gasteiger partial charge in [0, 0.05) is 12.5 Å². The van der Waals surface area contributed by atoms with E-state index in [1.165, 1.54) is 18.2 Å². The summed E-state index contributed by atoms with van der Waals surface area (Å²) in [5.41, 5.74) is 0.217. The predicted octanol–water partition coefficient (Wildman–Crippen LogP) is 8.05. The molecule has 0 bridgehead atoms. The Balaban J connectivity index is 1.25. The quantitative estimate of drug-likeness (QED) is 0.248. The molecule has 0 spiro atoms. The highest BCUT2D eigenvalue weighted by atomic mass is 19.4. The number of methoxy groups -OCH3 is 1. The van der Waals surface area contributed by atoms with Crippen molar-refractivity contribution >= 4 is 12.0 Å². The first-order valence-electron chi connectivity index (χ1n) is 14.6. The van der Waals surface area contributed by atoms with Crippen LogP contribution < -0.4 is 10.1 Å². The van der Waals surface area contributed by atoms with Crippen LogP contribution in [-0.2, 0) is 23.7 Å². The second-order valence-electron chi connectivity index (χ2n) is 11.4. The molecule has 1 amide bonds. The van der Waals surface area contributed by atoms with Gasteiger partial charge < -0.3 is 15.0 Å². The van der Waals surface area contributed by atoms with Gasteiger partial charge in [0.15, 0.2) is 0 Å². The molecule has 44 heavy (non-hydrogen) atoms. The van der Waals surface area contributed by atoms with Crippen molar-refractivity contribution in [1.29, 1.82) is 0 Å². The van der Waals surface area contributed by atoms with Crippen LogP contribution in [0.25, 0.3) is 6.08 Å². The standard InChI is InChI=1S/C34H34F6N2O2/c1-44-28-9-6-24(7-10-28)31(32(43)41-21-22-18-26(33(35,36)37)20-27(19-22)34(38,39)40)14-17-42-15-12-25(13-16-42)30-11-8-23-4-2-3-5-29(23)30/h2-11,18-20,25,30-31H,12-17,21H2,1H3,(H,41,43). The lowest BCUT2D eigenvalue weighted by Gasteiger charge is -2.35. The number of hydrogen-bond acceptors (Lipinski definition) is 3. The van der Waals surface area contributed by atoms with Gasteiger partial charge in [-0.25, -0.2) is 0 Å². The van der Waals surface area contributed by atoms with Crippen LogP contribution in [0.5, 0.6) is 5.75 Å². The van der Waals surface area contributed by atoms with E-state index in [9.17, 15) is 31.1 Å². The zero-order chi connectivity index (χ0) is 31.5. The summed E-state index contributed by atoms with van der Waals surface area (Å²) in [4.78, 5) is 15.8. The van der Waals surface area contributed by atoms with Crippen molar-refractivity contribution in [3.63, 3.8) is 0 Å². The Morgan fingerprint density at radius 1 is 0.932 bits per heavy atom. The van der Waals surface area contributed by atoms with Crippen LogP contribution >= 0.6 is 0 Å². The number of rotatable bonds is 9. The molecular formula is C34H34F6N2O2. The maximum Gasteiger partial charge on any atom is 0.416 e. The molecule has 10 heteroatoms. The summed E-state index contributed by atoms with van der Waals surface area (Å²) in [7, 11) is 1.52. The van der Waals surface area contributed by atoms with E-state index in [0.29, 0.717) is 48.2 Å². The fraction of sp³-hybridized carbons (Fsp3) is 0.382. The summed E-state index contributed by atoms with van der Waals surface area (Å²) in [5.74, 6) is 0.404. The van der Waals surface area contributed by atoms with Gasteiger partial charge in [0.05, 0.1) is 24.2 Å². The molecule has 234 valence electrons. The maximum absolute atomic E-state index is 13.4. The Kier molecular flexibility index (Phi) is 9.39. The lowest BCUT2D eigenvalue weighted by molar-refractivity contribution is -0.143. The third-order valence-corrected chi connectivity index (χ3v) is 8.66. The van der Waals surface area contributed by atoms with Gasteiger partial charge >= 0.3 is 12.4 Å². The number of nitrogens with one attached hydrogen (secondary N) is 1. The number of ether oxygens (including phenoxy) is 1. The number of benzene rings is 3. The number of nitrogens with zero attached hydrogens (tertiary/aromatic N) is 1. The van der Waals surface area contributed by atoms with Crippen LogP contribution in [-0.4, -0.2) is 37.6 Å². The van der Waals surface area contributed by atoms with Crippen molar-refractivity contribution in [3.05, 3.63) is 106 Å². The van der Waals surface area contributed by atoms with Crippen LogP contribution in [0.4, 0.5) is 26.3 Å². The van der Waals surface area contributed by atoms with Gasteiger partial charge in [0.2, 0.25) is 5.91 Å².